The molecule has 1 aromatic heterocycles. The van der Waals surface area contributed by atoms with Crippen LogP contribution in [0.3, 0.4) is 0 Å². The molecule has 4 nitrogen and oxygen atoms in total. The van der Waals surface area contributed by atoms with Crippen LogP contribution in [-0.4, -0.2) is 11.8 Å². The number of amides is 2. The van der Waals surface area contributed by atoms with Crippen molar-refractivity contribution in [3.05, 3.63) is 51.2 Å². The first-order chi connectivity index (χ1) is 9.51. The number of nitrogens with one attached hydrogen (secondary N) is 1. The molecule has 0 aliphatic carbocycles. The monoisotopic (exact) mass is 288 g/mol. The molecule has 2 amide bonds. The minimum atomic E-state index is -0.513. The molecule has 5 heteroatoms. The van der Waals surface area contributed by atoms with Crippen LogP contribution in [0.4, 0.5) is 5.69 Å². The van der Waals surface area contributed by atoms with Crippen molar-refractivity contribution in [1.82, 2.24) is 0 Å². The first-order valence-corrected chi connectivity index (χ1v) is 7.13. The normalized spacial score (nSPS) is 10.3. The van der Waals surface area contributed by atoms with Crippen LogP contribution in [0.25, 0.3) is 0 Å². The van der Waals surface area contributed by atoms with Crippen LogP contribution < -0.4 is 11.1 Å². The Morgan fingerprint density at radius 3 is 2.65 bits per heavy atom. The van der Waals surface area contributed by atoms with Crippen molar-refractivity contribution in [3.63, 3.8) is 0 Å². The van der Waals surface area contributed by atoms with Crippen molar-refractivity contribution in [1.29, 1.82) is 0 Å². The van der Waals surface area contributed by atoms with E-state index in [9.17, 15) is 9.59 Å². The lowest BCUT2D eigenvalue weighted by Crippen LogP contribution is -2.13. The molecular weight excluding hydrogens is 272 g/mol. The summed E-state index contributed by atoms with van der Waals surface area (Å²) in [6.07, 6.45) is 0.909. The molecule has 0 aliphatic rings. The third-order valence-corrected chi connectivity index (χ3v) is 4.12. The largest absolute Gasteiger partial charge is 0.366 e. The van der Waals surface area contributed by atoms with E-state index in [0.29, 0.717) is 16.1 Å². The van der Waals surface area contributed by atoms with Gasteiger partial charge in [-0.05, 0) is 43.2 Å². The van der Waals surface area contributed by atoms with Gasteiger partial charge < -0.3 is 11.1 Å². The molecule has 0 atom stereocenters. The van der Waals surface area contributed by atoms with Gasteiger partial charge in [-0.2, -0.15) is 0 Å². The lowest BCUT2D eigenvalue weighted by Gasteiger charge is -2.04. The Morgan fingerprint density at radius 2 is 2.05 bits per heavy atom. The van der Waals surface area contributed by atoms with Crippen molar-refractivity contribution in [3.8, 4) is 0 Å². The average molecular weight is 288 g/mol. The van der Waals surface area contributed by atoms with Gasteiger partial charge in [0.2, 0.25) is 5.91 Å². The average Bonchev–Trinajstić information content (AvgIpc) is 2.80. The second-order valence-corrected chi connectivity index (χ2v) is 5.70. The van der Waals surface area contributed by atoms with Crippen molar-refractivity contribution >= 4 is 28.8 Å². The summed E-state index contributed by atoms with van der Waals surface area (Å²) in [7, 11) is 0. The van der Waals surface area contributed by atoms with Gasteiger partial charge in [0.1, 0.15) is 0 Å². The Labute approximate surface area is 121 Å². The first-order valence-electron chi connectivity index (χ1n) is 6.31. The van der Waals surface area contributed by atoms with E-state index in [1.165, 1.54) is 16.9 Å². The van der Waals surface area contributed by atoms with Crippen LogP contribution in [0.1, 0.15) is 37.4 Å². The highest BCUT2D eigenvalue weighted by Crippen LogP contribution is 2.23. The van der Waals surface area contributed by atoms with Crippen molar-refractivity contribution < 1.29 is 9.59 Å². The fourth-order valence-corrected chi connectivity index (χ4v) is 2.93. The number of anilines is 1. The maximum absolute atomic E-state index is 12.2. The molecule has 0 unspecified atom stereocenters. The van der Waals surface area contributed by atoms with E-state index in [2.05, 4.69) is 12.2 Å². The lowest BCUT2D eigenvalue weighted by atomic mass is 10.2. The van der Waals surface area contributed by atoms with Crippen molar-refractivity contribution in [2.45, 2.75) is 20.3 Å². The molecule has 104 valence electrons. The number of thiophene rings is 1. The maximum Gasteiger partial charge on any atom is 0.265 e. The number of aryl methyl sites for hydroxylation is 2. The van der Waals surface area contributed by atoms with Gasteiger partial charge in [0, 0.05) is 16.1 Å². The number of rotatable bonds is 4. The topological polar surface area (TPSA) is 72.2 Å². The van der Waals surface area contributed by atoms with Crippen LogP contribution in [0.5, 0.6) is 0 Å². The number of nitrogens with two attached hydrogens (primary N) is 1. The summed E-state index contributed by atoms with van der Waals surface area (Å²) >= 11 is 1.47. The van der Waals surface area contributed by atoms with Gasteiger partial charge in [0.15, 0.2) is 0 Å². The number of carbonyl (C=O) groups excluding carboxylic acids is 2. The Balaban J connectivity index is 2.18. The van der Waals surface area contributed by atoms with E-state index < -0.39 is 5.91 Å². The maximum atomic E-state index is 12.2. The summed E-state index contributed by atoms with van der Waals surface area (Å²) in [5.41, 5.74) is 7.34. The van der Waals surface area contributed by atoms with Crippen LogP contribution >= 0.6 is 11.3 Å². The van der Waals surface area contributed by atoms with Gasteiger partial charge in [0.25, 0.3) is 5.91 Å². The zero-order chi connectivity index (χ0) is 14.7. The standard InChI is InChI=1S/C15H16N2O2S/c1-3-10-8-13(20-9(10)2)15(19)17-12-6-4-5-11(7-12)14(16)18/h4-8H,3H2,1-2H3,(H2,16,18)(H,17,19). The van der Waals surface area contributed by atoms with Gasteiger partial charge in [-0.3, -0.25) is 9.59 Å². The van der Waals surface area contributed by atoms with E-state index in [1.807, 2.05) is 13.0 Å². The molecule has 20 heavy (non-hydrogen) atoms. The molecule has 1 aromatic carbocycles. The van der Waals surface area contributed by atoms with Gasteiger partial charge in [-0.1, -0.05) is 13.0 Å². The molecule has 1 heterocycles. The summed E-state index contributed by atoms with van der Waals surface area (Å²) in [5.74, 6) is -0.680. The Bertz CT molecular complexity index is 662. The Kier molecular flexibility index (Phi) is 4.20. The minimum absolute atomic E-state index is 0.167. The van der Waals surface area contributed by atoms with Crippen molar-refractivity contribution in [2.75, 3.05) is 5.32 Å². The van der Waals surface area contributed by atoms with Gasteiger partial charge >= 0.3 is 0 Å². The molecule has 0 aliphatic heterocycles. The Hall–Kier alpha value is -2.14. The predicted molar refractivity (Wildman–Crippen MR) is 81.3 cm³/mol. The van der Waals surface area contributed by atoms with Crippen LogP contribution in [0, 0.1) is 6.92 Å². The van der Waals surface area contributed by atoms with Crippen LogP contribution in [0.15, 0.2) is 30.3 Å². The SMILES string of the molecule is CCc1cc(C(=O)Nc2cccc(C(N)=O)c2)sc1C. The number of benzene rings is 1. The summed E-state index contributed by atoms with van der Waals surface area (Å²) in [6, 6.07) is 8.51. The summed E-state index contributed by atoms with van der Waals surface area (Å²) in [6.45, 7) is 4.07. The molecule has 0 saturated heterocycles. The van der Waals surface area contributed by atoms with Crippen molar-refractivity contribution in [2.24, 2.45) is 5.73 Å². The zero-order valence-electron chi connectivity index (χ0n) is 11.4. The van der Waals surface area contributed by atoms with E-state index >= 15 is 0 Å². The quantitative estimate of drug-likeness (QED) is 0.907. The fraction of sp³-hybridized carbons (Fsp3) is 0.200. The third-order valence-electron chi connectivity index (χ3n) is 3.03. The molecule has 0 bridgehead atoms. The highest BCUT2D eigenvalue weighted by Gasteiger charge is 2.12. The Morgan fingerprint density at radius 1 is 1.30 bits per heavy atom. The molecule has 0 saturated carbocycles. The van der Waals surface area contributed by atoms with E-state index in [4.69, 9.17) is 5.73 Å². The molecule has 2 rings (SSSR count). The lowest BCUT2D eigenvalue weighted by molar-refractivity contribution is 0.0996. The number of hydrogen-bond acceptors (Lipinski definition) is 3. The fourth-order valence-electron chi connectivity index (χ4n) is 1.93. The van der Waals surface area contributed by atoms with E-state index in [0.717, 1.165) is 11.3 Å². The third kappa shape index (κ3) is 3.05. The van der Waals surface area contributed by atoms with Crippen LogP contribution in [0.2, 0.25) is 0 Å². The van der Waals surface area contributed by atoms with E-state index in [-0.39, 0.29) is 5.91 Å². The highest BCUT2D eigenvalue weighted by atomic mass is 32.1. The zero-order valence-corrected chi connectivity index (χ0v) is 12.2. The smallest absolute Gasteiger partial charge is 0.265 e. The summed E-state index contributed by atoms with van der Waals surface area (Å²) < 4.78 is 0. The van der Waals surface area contributed by atoms with Gasteiger partial charge in [-0.25, -0.2) is 0 Å². The summed E-state index contributed by atoms with van der Waals surface area (Å²) in [5, 5.41) is 2.78. The number of carbonyl (C=O) groups is 2. The van der Waals surface area contributed by atoms with Gasteiger partial charge in [0.05, 0.1) is 4.88 Å². The van der Waals surface area contributed by atoms with E-state index in [1.54, 1.807) is 24.3 Å². The second-order valence-electron chi connectivity index (χ2n) is 4.44. The number of hydrogen-bond donors (Lipinski definition) is 2. The number of primary amides is 1. The molecule has 0 fully saturated rings. The molecule has 0 radical (unpaired) electrons. The predicted octanol–water partition coefficient (Wildman–Crippen LogP) is 2.97. The molecular formula is C15H16N2O2S. The van der Waals surface area contributed by atoms with Gasteiger partial charge in [-0.15, -0.1) is 11.3 Å². The summed E-state index contributed by atoms with van der Waals surface area (Å²) in [4.78, 5) is 25.1. The molecule has 2 aromatic rings. The highest BCUT2D eigenvalue weighted by molar-refractivity contribution is 7.14. The second kappa shape index (κ2) is 5.88. The van der Waals surface area contributed by atoms with Crippen LogP contribution in [-0.2, 0) is 6.42 Å². The molecule has 3 N–H and O–H groups in total. The first kappa shape index (κ1) is 14.3. The molecule has 0 spiro atoms. The minimum Gasteiger partial charge on any atom is -0.366 e.